The molecule has 0 aromatic carbocycles. The molecule has 5 rings (SSSR count). The van der Waals surface area contributed by atoms with Gasteiger partial charge in [-0.15, -0.1) is 0 Å². The van der Waals surface area contributed by atoms with Gasteiger partial charge < -0.3 is 15.4 Å². The van der Waals surface area contributed by atoms with Crippen molar-refractivity contribution in [1.82, 2.24) is 38.4 Å². The zero-order valence-electron chi connectivity index (χ0n) is 22.1. The molecule has 0 spiro atoms. The molecule has 0 fully saturated rings. The molecule has 0 radical (unpaired) electrons. The Morgan fingerprint density at radius 2 is 2.08 bits per heavy atom. The largest absolute Gasteiger partial charge is 0.380 e. The number of imidazole rings is 1. The van der Waals surface area contributed by atoms with E-state index in [1.54, 1.807) is 23.1 Å². The summed E-state index contributed by atoms with van der Waals surface area (Å²) >= 11 is 1.40. The van der Waals surface area contributed by atoms with Crippen molar-refractivity contribution in [3.63, 3.8) is 0 Å². The van der Waals surface area contributed by atoms with Crippen LogP contribution in [0.25, 0.3) is 16.9 Å². The standard InChI is InChI=1S/C26H31FN10OS/c1-4-35(8-9-38-5-2)16-20-10-24(39-34-20)33-25-26-29-13-23(37(26)14-18(3)32-25)19-11-31-36(15-19)17-30-22-6-7-28-12-21(22)27/h6-7,10-15H,4-5,8-9,16-17H2,1-3H3,(H,28,30)(H,32,33). The smallest absolute Gasteiger partial charge is 0.180 e. The molecule has 0 aliphatic carbocycles. The van der Waals surface area contributed by atoms with E-state index in [1.165, 1.54) is 23.9 Å². The van der Waals surface area contributed by atoms with Crippen molar-refractivity contribution in [3.05, 3.63) is 66.5 Å². The number of anilines is 3. The summed E-state index contributed by atoms with van der Waals surface area (Å²) < 4.78 is 27.7. The first kappa shape index (κ1) is 26.7. The summed E-state index contributed by atoms with van der Waals surface area (Å²) in [4.78, 5) is 15.4. The summed E-state index contributed by atoms with van der Waals surface area (Å²) in [6.07, 6.45) is 10.1. The van der Waals surface area contributed by atoms with Gasteiger partial charge in [-0.25, -0.2) is 14.4 Å². The van der Waals surface area contributed by atoms with Gasteiger partial charge in [0.05, 0.1) is 48.0 Å². The van der Waals surface area contributed by atoms with Gasteiger partial charge in [0.15, 0.2) is 17.3 Å². The normalized spacial score (nSPS) is 11.5. The second kappa shape index (κ2) is 12.3. The molecule has 5 aromatic rings. The second-order valence-corrected chi connectivity index (χ2v) is 9.70. The van der Waals surface area contributed by atoms with E-state index in [1.807, 2.05) is 30.6 Å². The molecule has 204 valence electrons. The number of rotatable bonds is 13. The van der Waals surface area contributed by atoms with Crippen LogP contribution < -0.4 is 10.6 Å². The summed E-state index contributed by atoms with van der Waals surface area (Å²) in [5.74, 6) is 0.245. The van der Waals surface area contributed by atoms with Crippen LogP contribution in [-0.4, -0.2) is 64.7 Å². The van der Waals surface area contributed by atoms with Crippen LogP contribution in [0.2, 0.25) is 0 Å². The number of hydrogen-bond donors (Lipinski definition) is 2. The Kier molecular flexibility index (Phi) is 8.39. The van der Waals surface area contributed by atoms with Crippen LogP contribution in [0.1, 0.15) is 25.2 Å². The molecular weight excluding hydrogens is 519 g/mol. The van der Waals surface area contributed by atoms with Gasteiger partial charge in [-0.05, 0) is 44.1 Å². The minimum Gasteiger partial charge on any atom is -0.380 e. The SMILES string of the molecule is CCOCCN(CC)Cc1cc(Nc2nc(C)cn3c(-c4cnn(CNc5ccncc5F)c4)cnc23)sn1. The van der Waals surface area contributed by atoms with Gasteiger partial charge >= 0.3 is 0 Å². The van der Waals surface area contributed by atoms with E-state index in [4.69, 9.17) is 9.72 Å². The summed E-state index contributed by atoms with van der Waals surface area (Å²) in [5.41, 5.74) is 4.65. The molecule has 39 heavy (non-hydrogen) atoms. The van der Waals surface area contributed by atoms with Crippen molar-refractivity contribution in [3.8, 4) is 11.3 Å². The lowest BCUT2D eigenvalue weighted by Crippen LogP contribution is -2.27. The number of likely N-dealkylation sites (N-methyl/N-ethyl adjacent to an activating group) is 1. The topological polar surface area (TPSA) is 110 Å². The van der Waals surface area contributed by atoms with E-state index in [-0.39, 0.29) is 0 Å². The van der Waals surface area contributed by atoms with Gasteiger partial charge in [0.25, 0.3) is 0 Å². The van der Waals surface area contributed by atoms with Crippen LogP contribution in [0, 0.1) is 12.7 Å². The number of nitrogens with one attached hydrogen (secondary N) is 2. The van der Waals surface area contributed by atoms with E-state index in [0.717, 1.165) is 53.9 Å². The fourth-order valence-electron chi connectivity index (χ4n) is 4.15. The first-order chi connectivity index (χ1) is 19.0. The average Bonchev–Trinajstić information content (AvgIpc) is 3.68. The molecule has 5 heterocycles. The number of nitrogens with zero attached hydrogens (tertiary/aromatic N) is 8. The first-order valence-corrected chi connectivity index (χ1v) is 13.5. The minimum absolute atomic E-state index is 0.305. The van der Waals surface area contributed by atoms with Crippen LogP contribution in [0.5, 0.6) is 0 Å². The number of aryl methyl sites for hydroxylation is 1. The molecule has 0 unspecified atom stereocenters. The maximum Gasteiger partial charge on any atom is 0.180 e. The number of ether oxygens (including phenoxy) is 1. The summed E-state index contributed by atoms with van der Waals surface area (Å²) in [6, 6.07) is 3.64. The lowest BCUT2D eigenvalue weighted by atomic mass is 10.3. The van der Waals surface area contributed by atoms with Crippen LogP contribution in [0.3, 0.4) is 0 Å². The van der Waals surface area contributed by atoms with E-state index in [9.17, 15) is 4.39 Å². The van der Waals surface area contributed by atoms with Crippen molar-refractivity contribution in [1.29, 1.82) is 0 Å². The molecule has 0 saturated heterocycles. The van der Waals surface area contributed by atoms with Crippen LogP contribution in [0.4, 0.5) is 20.9 Å². The van der Waals surface area contributed by atoms with Crippen molar-refractivity contribution in [2.24, 2.45) is 0 Å². The zero-order chi connectivity index (χ0) is 27.2. The zero-order valence-corrected chi connectivity index (χ0v) is 23.0. The Balaban J connectivity index is 1.30. The number of aromatic nitrogens is 7. The summed E-state index contributed by atoms with van der Waals surface area (Å²) in [6.45, 7) is 10.4. The molecule has 0 saturated carbocycles. The molecule has 0 aliphatic heterocycles. The highest BCUT2D eigenvalue weighted by Crippen LogP contribution is 2.28. The highest BCUT2D eigenvalue weighted by atomic mass is 32.1. The Bertz CT molecular complexity index is 1530. The number of pyridine rings is 1. The Morgan fingerprint density at radius 1 is 1.18 bits per heavy atom. The van der Waals surface area contributed by atoms with Gasteiger partial charge in [0, 0.05) is 43.9 Å². The highest BCUT2D eigenvalue weighted by Gasteiger charge is 2.15. The monoisotopic (exact) mass is 550 g/mol. The third-order valence-corrected chi connectivity index (χ3v) is 6.88. The molecule has 0 atom stereocenters. The summed E-state index contributed by atoms with van der Waals surface area (Å²) in [5, 5.41) is 11.8. The molecule has 0 aliphatic rings. The third-order valence-electron chi connectivity index (χ3n) is 6.14. The van der Waals surface area contributed by atoms with Crippen molar-refractivity contribution in [2.45, 2.75) is 34.0 Å². The maximum atomic E-state index is 13.9. The van der Waals surface area contributed by atoms with Gasteiger partial charge in [-0.3, -0.25) is 19.0 Å². The fourth-order valence-corrected chi connectivity index (χ4v) is 4.81. The van der Waals surface area contributed by atoms with Crippen molar-refractivity contribution in [2.75, 3.05) is 36.9 Å². The Labute approximate surface area is 229 Å². The quantitative estimate of drug-likeness (QED) is 0.204. The molecule has 13 heteroatoms. The van der Waals surface area contributed by atoms with E-state index < -0.39 is 5.82 Å². The lowest BCUT2D eigenvalue weighted by molar-refractivity contribution is 0.112. The first-order valence-electron chi connectivity index (χ1n) is 12.8. The van der Waals surface area contributed by atoms with Gasteiger partial charge in [-0.1, -0.05) is 6.92 Å². The predicted molar refractivity (Wildman–Crippen MR) is 150 cm³/mol. The average molecular weight is 551 g/mol. The molecular formula is C26H31FN10OS. The molecule has 0 amide bonds. The molecule has 5 aromatic heterocycles. The van der Waals surface area contributed by atoms with Crippen molar-refractivity contribution < 1.29 is 9.13 Å². The third kappa shape index (κ3) is 6.38. The minimum atomic E-state index is -0.410. The van der Waals surface area contributed by atoms with Gasteiger partial charge in [-0.2, -0.15) is 9.47 Å². The molecule has 11 nitrogen and oxygen atoms in total. The fraction of sp³-hybridized carbons (Fsp3) is 0.346. The predicted octanol–water partition coefficient (Wildman–Crippen LogP) is 4.56. The van der Waals surface area contributed by atoms with Gasteiger partial charge in [0.1, 0.15) is 11.7 Å². The Morgan fingerprint density at radius 3 is 2.90 bits per heavy atom. The van der Waals surface area contributed by atoms with Crippen LogP contribution >= 0.6 is 11.5 Å². The molecule has 0 bridgehead atoms. The number of hydrogen-bond acceptors (Lipinski definition) is 10. The van der Waals surface area contributed by atoms with Crippen LogP contribution in [0.15, 0.2) is 49.3 Å². The second-order valence-electron chi connectivity index (χ2n) is 8.90. The lowest BCUT2D eigenvalue weighted by Gasteiger charge is -2.18. The molecule has 2 N–H and O–H groups in total. The Hall–Kier alpha value is -3.94. The van der Waals surface area contributed by atoms with Gasteiger partial charge in [0.2, 0.25) is 0 Å². The van der Waals surface area contributed by atoms with E-state index >= 15 is 0 Å². The van der Waals surface area contributed by atoms with Crippen molar-refractivity contribution >= 4 is 33.7 Å². The number of fused-ring (bicyclic) bond motifs is 1. The maximum absolute atomic E-state index is 13.9. The summed E-state index contributed by atoms with van der Waals surface area (Å²) in [7, 11) is 0. The van der Waals surface area contributed by atoms with E-state index in [0.29, 0.717) is 30.4 Å². The number of halogens is 1. The van der Waals surface area contributed by atoms with E-state index in [2.05, 4.69) is 48.0 Å². The van der Waals surface area contributed by atoms with Crippen LogP contribution in [-0.2, 0) is 18.0 Å². The highest BCUT2D eigenvalue weighted by molar-refractivity contribution is 7.10.